The Morgan fingerprint density at radius 3 is 2.72 bits per heavy atom. The van der Waals surface area contributed by atoms with Crippen molar-refractivity contribution in [1.29, 1.82) is 0 Å². The third-order valence-electron chi connectivity index (χ3n) is 3.02. The van der Waals surface area contributed by atoms with E-state index in [2.05, 4.69) is 35.3 Å². The second-order valence-electron chi connectivity index (χ2n) is 4.31. The van der Waals surface area contributed by atoms with Crippen LogP contribution in [-0.2, 0) is 6.42 Å². The summed E-state index contributed by atoms with van der Waals surface area (Å²) < 4.78 is 0. The van der Waals surface area contributed by atoms with Crippen LogP contribution in [0.4, 0.5) is 0 Å². The molecule has 1 atom stereocenters. The number of benzene rings is 2. The van der Waals surface area contributed by atoms with Crippen LogP contribution in [-0.4, -0.2) is 10.1 Å². The monoisotopic (exact) mass is 255 g/mol. The van der Waals surface area contributed by atoms with Crippen LogP contribution in [0.25, 0.3) is 10.8 Å². The fourth-order valence-electron chi connectivity index (χ4n) is 2.08. The van der Waals surface area contributed by atoms with Crippen LogP contribution in [0, 0.1) is 0 Å². The minimum absolute atomic E-state index is 0.460. The Morgan fingerprint density at radius 2 is 1.94 bits per heavy atom. The minimum atomic E-state index is -0.460. The topological polar surface area (TPSA) is 33.1 Å². The molecule has 1 aromatic heterocycles. The number of nitrogens with zero attached hydrogens (tertiary/aromatic N) is 1. The number of hydrogen-bond acceptors (Lipinski definition) is 3. The van der Waals surface area contributed by atoms with Crippen molar-refractivity contribution >= 4 is 22.1 Å². The molecule has 1 unspecified atom stereocenters. The Labute approximate surface area is 110 Å². The van der Waals surface area contributed by atoms with Gasteiger partial charge in [0.2, 0.25) is 0 Å². The van der Waals surface area contributed by atoms with Crippen LogP contribution in [0.5, 0.6) is 0 Å². The summed E-state index contributed by atoms with van der Waals surface area (Å²) in [5, 5.41) is 12.5. The largest absolute Gasteiger partial charge is 0.387 e. The number of thiazole rings is 1. The molecule has 3 heteroatoms. The fourth-order valence-corrected chi connectivity index (χ4v) is 2.69. The molecule has 0 bridgehead atoms. The summed E-state index contributed by atoms with van der Waals surface area (Å²) in [4.78, 5) is 4.91. The van der Waals surface area contributed by atoms with Crippen LogP contribution < -0.4 is 0 Å². The highest BCUT2D eigenvalue weighted by molar-refractivity contribution is 7.09. The van der Waals surface area contributed by atoms with Gasteiger partial charge in [0, 0.05) is 12.6 Å². The van der Waals surface area contributed by atoms with Gasteiger partial charge in [0.25, 0.3) is 0 Å². The van der Waals surface area contributed by atoms with Crippen molar-refractivity contribution in [2.24, 2.45) is 0 Å². The van der Waals surface area contributed by atoms with Crippen molar-refractivity contribution in [3.63, 3.8) is 0 Å². The zero-order valence-electron chi connectivity index (χ0n) is 9.78. The van der Waals surface area contributed by atoms with E-state index < -0.39 is 6.10 Å². The molecule has 0 radical (unpaired) electrons. The van der Waals surface area contributed by atoms with Gasteiger partial charge in [0.05, 0.1) is 16.5 Å². The van der Waals surface area contributed by atoms with Gasteiger partial charge in [-0.1, -0.05) is 42.5 Å². The highest BCUT2D eigenvalue weighted by Gasteiger charge is 2.10. The highest BCUT2D eigenvalue weighted by atomic mass is 32.1. The highest BCUT2D eigenvalue weighted by Crippen LogP contribution is 2.23. The molecule has 0 aliphatic carbocycles. The molecule has 2 nitrogen and oxygen atoms in total. The van der Waals surface area contributed by atoms with E-state index in [1.54, 1.807) is 11.7 Å². The van der Waals surface area contributed by atoms with Crippen molar-refractivity contribution < 1.29 is 5.11 Å². The van der Waals surface area contributed by atoms with Crippen molar-refractivity contribution in [2.45, 2.75) is 12.5 Å². The number of aromatic nitrogens is 1. The van der Waals surface area contributed by atoms with Crippen molar-refractivity contribution in [3.8, 4) is 0 Å². The van der Waals surface area contributed by atoms with Gasteiger partial charge in [0.1, 0.15) is 0 Å². The molecule has 1 heterocycles. The maximum absolute atomic E-state index is 10.1. The summed E-state index contributed by atoms with van der Waals surface area (Å²) in [5.74, 6) is 0. The first-order chi connectivity index (χ1) is 8.83. The summed E-state index contributed by atoms with van der Waals surface area (Å²) in [7, 11) is 0. The Morgan fingerprint density at radius 1 is 1.11 bits per heavy atom. The molecule has 0 aliphatic rings. The predicted octanol–water partition coefficient (Wildman–Crippen LogP) is 3.57. The van der Waals surface area contributed by atoms with Gasteiger partial charge in [-0.05, 0) is 16.3 Å². The van der Waals surface area contributed by atoms with Gasteiger partial charge in [-0.3, -0.25) is 4.98 Å². The summed E-state index contributed by atoms with van der Waals surface area (Å²) in [6.45, 7) is 0. The molecule has 3 aromatic rings. The third kappa shape index (κ3) is 2.28. The van der Waals surface area contributed by atoms with E-state index in [1.807, 2.05) is 12.1 Å². The average Bonchev–Trinajstić information content (AvgIpc) is 2.92. The molecule has 90 valence electrons. The molecule has 3 rings (SSSR count). The van der Waals surface area contributed by atoms with Crippen molar-refractivity contribution in [3.05, 3.63) is 64.6 Å². The van der Waals surface area contributed by atoms with Gasteiger partial charge in [-0.15, -0.1) is 11.3 Å². The quantitative estimate of drug-likeness (QED) is 0.776. The Hall–Kier alpha value is -1.71. The van der Waals surface area contributed by atoms with Crippen LogP contribution in [0.15, 0.2) is 54.2 Å². The molecule has 2 aromatic carbocycles. The zero-order chi connectivity index (χ0) is 12.4. The van der Waals surface area contributed by atoms with E-state index in [9.17, 15) is 5.11 Å². The molecule has 0 aliphatic heterocycles. The maximum atomic E-state index is 10.1. The summed E-state index contributed by atoms with van der Waals surface area (Å²) in [6, 6.07) is 14.6. The first kappa shape index (κ1) is 11.4. The lowest BCUT2D eigenvalue weighted by atomic mass is 10.0. The summed E-state index contributed by atoms with van der Waals surface area (Å²) >= 11 is 1.49. The molecule has 0 spiro atoms. The van der Waals surface area contributed by atoms with E-state index >= 15 is 0 Å². The van der Waals surface area contributed by atoms with Crippen molar-refractivity contribution in [2.75, 3.05) is 0 Å². The normalized spacial score (nSPS) is 12.7. The Balaban J connectivity index is 1.86. The van der Waals surface area contributed by atoms with Gasteiger partial charge in [-0.25, -0.2) is 0 Å². The van der Waals surface area contributed by atoms with Crippen LogP contribution in [0.3, 0.4) is 0 Å². The number of rotatable bonds is 3. The van der Waals surface area contributed by atoms with Crippen LogP contribution in [0.2, 0.25) is 0 Å². The van der Waals surface area contributed by atoms with E-state index in [-0.39, 0.29) is 0 Å². The number of hydrogen-bond donors (Lipinski definition) is 1. The van der Waals surface area contributed by atoms with E-state index in [0.29, 0.717) is 6.42 Å². The molecular formula is C15H13NOS. The lowest BCUT2D eigenvalue weighted by Crippen LogP contribution is -1.99. The maximum Gasteiger partial charge on any atom is 0.0938 e. The van der Waals surface area contributed by atoms with Gasteiger partial charge < -0.3 is 5.11 Å². The molecule has 18 heavy (non-hydrogen) atoms. The Kier molecular flexibility index (Phi) is 3.09. The minimum Gasteiger partial charge on any atom is -0.387 e. The van der Waals surface area contributed by atoms with Crippen LogP contribution in [0.1, 0.15) is 16.5 Å². The standard InChI is InChI=1S/C15H13NOS/c17-14(15-9-16-10-18-15)8-11-5-6-12-3-1-2-4-13(12)7-11/h1-7,9-10,14,17H,8H2. The molecule has 1 N–H and O–H groups in total. The third-order valence-corrected chi connectivity index (χ3v) is 3.90. The second kappa shape index (κ2) is 4.88. The number of aliphatic hydroxyl groups excluding tert-OH is 1. The summed E-state index contributed by atoms with van der Waals surface area (Å²) in [5.41, 5.74) is 2.90. The van der Waals surface area contributed by atoms with E-state index in [4.69, 9.17) is 0 Å². The fraction of sp³-hybridized carbons (Fsp3) is 0.133. The van der Waals surface area contributed by atoms with E-state index in [0.717, 1.165) is 10.4 Å². The SMILES string of the molecule is OC(Cc1ccc2ccccc2c1)c1cncs1. The van der Waals surface area contributed by atoms with Gasteiger partial charge in [0.15, 0.2) is 0 Å². The first-order valence-corrected chi connectivity index (χ1v) is 6.75. The van der Waals surface area contributed by atoms with Gasteiger partial charge in [-0.2, -0.15) is 0 Å². The van der Waals surface area contributed by atoms with Crippen molar-refractivity contribution in [1.82, 2.24) is 4.98 Å². The zero-order valence-corrected chi connectivity index (χ0v) is 10.6. The molecule has 0 amide bonds. The number of aliphatic hydroxyl groups is 1. The first-order valence-electron chi connectivity index (χ1n) is 5.87. The predicted molar refractivity (Wildman–Crippen MR) is 74.7 cm³/mol. The average molecular weight is 255 g/mol. The van der Waals surface area contributed by atoms with Crippen LogP contribution >= 0.6 is 11.3 Å². The lowest BCUT2D eigenvalue weighted by Gasteiger charge is -2.09. The van der Waals surface area contributed by atoms with Gasteiger partial charge >= 0.3 is 0 Å². The number of fused-ring (bicyclic) bond motifs is 1. The summed E-state index contributed by atoms with van der Waals surface area (Å²) in [6.07, 6.45) is 1.90. The smallest absolute Gasteiger partial charge is 0.0938 e. The second-order valence-corrected chi connectivity index (χ2v) is 5.22. The molecule has 0 fully saturated rings. The Bertz CT molecular complexity index is 648. The molecular weight excluding hydrogens is 242 g/mol. The molecule has 0 saturated carbocycles. The molecule has 0 saturated heterocycles. The lowest BCUT2D eigenvalue weighted by molar-refractivity contribution is 0.182. The van der Waals surface area contributed by atoms with E-state index in [1.165, 1.54) is 22.1 Å².